The molecule has 0 aromatic heterocycles. The molecule has 2 fully saturated rings. The van der Waals surface area contributed by atoms with Crippen molar-refractivity contribution >= 4 is 0 Å². The first-order valence-electron chi connectivity index (χ1n) is 8.11. The van der Waals surface area contributed by atoms with Crippen LogP contribution in [-0.4, -0.2) is 11.7 Å². The van der Waals surface area contributed by atoms with E-state index in [2.05, 4.69) is 34.6 Å². The Labute approximate surface area is 118 Å². The Morgan fingerprint density at radius 3 is 2.53 bits per heavy atom. The second kappa shape index (κ2) is 3.87. The van der Waals surface area contributed by atoms with Crippen LogP contribution in [0.3, 0.4) is 0 Å². The first kappa shape index (κ1) is 13.7. The Kier molecular flexibility index (Phi) is 2.79. The molecular weight excluding hydrogens is 232 g/mol. The molecule has 0 heterocycles. The molecule has 0 amide bonds. The predicted octanol–water partition coefficient (Wildman–Crippen LogP) is 4.56. The third-order valence-electron chi connectivity index (χ3n) is 7.16. The third kappa shape index (κ3) is 1.51. The van der Waals surface area contributed by atoms with E-state index in [4.69, 9.17) is 0 Å². The summed E-state index contributed by atoms with van der Waals surface area (Å²) in [5, 5.41) is 9.64. The highest BCUT2D eigenvalue weighted by atomic mass is 16.3. The molecule has 3 rings (SSSR count). The third-order valence-corrected chi connectivity index (χ3v) is 7.16. The smallest absolute Gasteiger partial charge is 0.0493 e. The van der Waals surface area contributed by atoms with E-state index in [1.165, 1.54) is 32.1 Å². The van der Waals surface area contributed by atoms with Crippen molar-refractivity contribution in [2.45, 2.75) is 66.7 Å². The minimum Gasteiger partial charge on any atom is -0.396 e. The van der Waals surface area contributed by atoms with Crippen LogP contribution in [0.1, 0.15) is 66.7 Å². The van der Waals surface area contributed by atoms with Crippen LogP contribution < -0.4 is 0 Å². The lowest BCUT2D eigenvalue weighted by Crippen LogP contribution is -2.43. The van der Waals surface area contributed by atoms with Crippen LogP contribution in [0.4, 0.5) is 0 Å². The molecule has 2 bridgehead atoms. The van der Waals surface area contributed by atoms with Gasteiger partial charge in [0.05, 0.1) is 0 Å². The summed E-state index contributed by atoms with van der Waals surface area (Å²) in [6.45, 7) is 12.5. The minimum atomic E-state index is 0.316. The van der Waals surface area contributed by atoms with E-state index in [1.54, 1.807) is 11.1 Å². The minimum absolute atomic E-state index is 0.316. The van der Waals surface area contributed by atoms with E-state index >= 15 is 0 Å². The van der Waals surface area contributed by atoms with Crippen LogP contribution in [0.2, 0.25) is 0 Å². The maximum Gasteiger partial charge on any atom is 0.0493 e. The van der Waals surface area contributed by atoms with Gasteiger partial charge in [-0.25, -0.2) is 0 Å². The van der Waals surface area contributed by atoms with Crippen molar-refractivity contribution in [1.29, 1.82) is 0 Å². The van der Waals surface area contributed by atoms with Crippen molar-refractivity contribution in [3.8, 4) is 0 Å². The van der Waals surface area contributed by atoms with Crippen molar-refractivity contribution < 1.29 is 5.11 Å². The van der Waals surface area contributed by atoms with Gasteiger partial charge in [0.25, 0.3) is 0 Å². The lowest BCUT2D eigenvalue weighted by atomic mass is 9.51. The van der Waals surface area contributed by atoms with Gasteiger partial charge < -0.3 is 5.11 Å². The topological polar surface area (TPSA) is 20.2 Å². The van der Waals surface area contributed by atoms with E-state index in [1.807, 2.05) is 0 Å². The molecule has 0 aromatic carbocycles. The van der Waals surface area contributed by atoms with Gasteiger partial charge in [0.2, 0.25) is 0 Å². The fourth-order valence-corrected chi connectivity index (χ4v) is 5.80. The molecule has 3 aliphatic carbocycles. The normalized spacial score (nSPS) is 40.4. The summed E-state index contributed by atoms with van der Waals surface area (Å²) in [5.74, 6) is 1.24. The Bertz CT molecular complexity index is 429. The quantitative estimate of drug-likeness (QED) is 0.723. The van der Waals surface area contributed by atoms with E-state index in [0.717, 1.165) is 5.92 Å². The zero-order chi connectivity index (χ0) is 14.1. The second-order valence-corrected chi connectivity index (χ2v) is 8.61. The summed E-state index contributed by atoms with van der Waals surface area (Å²) in [5.41, 5.74) is 4.67. The van der Waals surface area contributed by atoms with Gasteiger partial charge in [0.15, 0.2) is 0 Å². The monoisotopic (exact) mass is 262 g/mol. The van der Waals surface area contributed by atoms with E-state index < -0.39 is 0 Å². The van der Waals surface area contributed by atoms with Crippen molar-refractivity contribution in [3.05, 3.63) is 11.1 Å². The Morgan fingerprint density at radius 1 is 1.21 bits per heavy atom. The first-order valence-corrected chi connectivity index (χ1v) is 8.11. The molecule has 0 saturated heterocycles. The number of hydrogen-bond donors (Lipinski definition) is 1. The maximum absolute atomic E-state index is 9.64. The van der Waals surface area contributed by atoms with Crippen LogP contribution in [0, 0.1) is 28.1 Å². The summed E-state index contributed by atoms with van der Waals surface area (Å²) in [6, 6.07) is 0. The maximum atomic E-state index is 9.64. The fraction of sp³-hybridized carbons (Fsp3) is 0.889. The van der Waals surface area contributed by atoms with Crippen LogP contribution in [-0.2, 0) is 0 Å². The summed E-state index contributed by atoms with van der Waals surface area (Å²) in [7, 11) is 0. The zero-order valence-corrected chi connectivity index (χ0v) is 13.3. The largest absolute Gasteiger partial charge is 0.396 e. The van der Waals surface area contributed by atoms with Crippen LogP contribution in [0.5, 0.6) is 0 Å². The van der Waals surface area contributed by atoms with Gasteiger partial charge in [-0.1, -0.05) is 45.8 Å². The summed E-state index contributed by atoms with van der Waals surface area (Å²) < 4.78 is 0. The zero-order valence-electron chi connectivity index (χ0n) is 13.3. The molecule has 1 nitrogen and oxygen atoms in total. The van der Waals surface area contributed by atoms with Gasteiger partial charge in [-0.3, -0.25) is 0 Å². The standard InChI is InChI=1S/C18H30O/c1-12(11-19)14-7-8-16(2,3)18-9-6-13(10-18)17(4,5)15(14)18/h12-13,19H,6-11H2,1-5H3. The van der Waals surface area contributed by atoms with E-state index in [0.29, 0.717) is 28.8 Å². The summed E-state index contributed by atoms with van der Waals surface area (Å²) >= 11 is 0. The molecule has 19 heavy (non-hydrogen) atoms. The van der Waals surface area contributed by atoms with Gasteiger partial charge in [-0.2, -0.15) is 0 Å². The lowest BCUT2D eigenvalue weighted by molar-refractivity contribution is 0.0801. The molecule has 1 heteroatoms. The lowest BCUT2D eigenvalue weighted by Gasteiger charge is -2.53. The van der Waals surface area contributed by atoms with Crippen LogP contribution in [0.15, 0.2) is 11.1 Å². The molecule has 0 aromatic rings. The molecule has 2 saturated carbocycles. The highest BCUT2D eigenvalue weighted by molar-refractivity contribution is 5.41. The Hall–Kier alpha value is -0.300. The molecular formula is C18H30O. The first-order chi connectivity index (χ1) is 8.76. The predicted molar refractivity (Wildman–Crippen MR) is 79.8 cm³/mol. The molecule has 3 aliphatic rings. The molecule has 3 unspecified atom stereocenters. The number of hydrogen-bond acceptors (Lipinski definition) is 1. The molecule has 1 N–H and O–H groups in total. The van der Waals surface area contributed by atoms with E-state index in [-0.39, 0.29) is 0 Å². The van der Waals surface area contributed by atoms with Gasteiger partial charge in [-0.05, 0) is 54.3 Å². The highest BCUT2D eigenvalue weighted by Crippen LogP contribution is 2.75. The van der Waals surface area contributed by atoms with Crippen LogP contribution >= 0.6 is 0 Å². The fourth-order valence-electron chi connectivity index (χ4n) is 5.80. The molecule has 0 radical (unpaired) electrons. The number of allylic oxidation sites excluding steroid dienone is 1. The van der Waals surface area contributed by atoms with Crippen molar-refractivity contribution in [2.75, 3.05) is 6.61 Å². The summed E-state index contributed by atoms with van der Waals surface area (Å²) in [6.07, 6.45) is 6.73. The molecule has 108 valence electrons. The van der Waals surface area contributed by atoms with Crippen molar-refractivity contribution in [2.24, 2.45) is 28.1 Å². The van der Waals surface area contributed by atoms with Crippen molar-refractivity contribution in [3.63, 3.8) is 0 Å². The molecule has 1 spiro atoms. The van der Waals surface area contributed by atoms with Gasteiger partial charge >= 0.3 is 0 Å². The van der Waals surface area contributed by atoms with Gasteiger partial charge in [-0.15, -0.1) is 0 Å². The second-order valence-electron chi connectivity index (χ2n) is 8.61. The average molecular weight is 262 g/mol. The van der Waals surface area contributed by atoms with Gasteiger partial charge in [0, 0.05) is 12.5 Å². The molecule has 3 atom stereocenters. The summed E-state index contributed by atoms with van der Waals surface area (Å²) in [4.78, 5) is 0. The number of rotatable bonds is 2. The number of aliphatic hydroxyl groups is 1. The van der Waals surface area contributed by atoms with Crippen molar-refractivity contribution in [1.82, 2.24) is 0 Å². The van der Waals surface area contributed by atoms with E-state index in [9.17, 15) is 5.11 Å². The highest BCUT2D eigenvalue weighted by Gasteiger charge is 2.65. The number of fused-ring (bicyclic) bond motifs is 1. The Balaban J connectivity index is 2.20. The number of aliphatic hydroxyl groups excluding tert-OH is 1. The SMILES string of the molecule is CC(CO)C1=C2C(C)(C)C3CCC2(C3)C(C)(C)CC1. The molecule has 0 aliphatic heterocycles. The van der Waals surface area contributed by atoms with Crippen LogP contribution in [0.25, 0.3) is 0 Å². The van der Waals surface area contributed by atoms with Gasteiger partial charge in [0.1, 0.15) is 0 Å². The average Bonchev–Trinajstić information content (AvgIpc) is 2.86. The Morgan fingerprint density at radius 2 is 1.89 bits per heavy atom.